The Morgan fingerprint density at radius 1 is 0.538 bits per heavy atom. The fourth-order valence-corrected chi connectivity index (χ4v) is 3.77. The highest BCUT2D eigenvalue weighted by molar-refractivity contribution is 5.99. The van der Waals surface area contributed by atoms with Gasteiger partial charge in [-0.15, -0.1) is 0 Å². The third-order valence-electron chi connectivity index (χ3n) is 5.29. The maximum atomic E-state index is 2.38. The molecule has 0 saturated carbocycles. The normalized spacial score (nSPS) is 11.3. The highest BCUT2D eigenvalue weighted by Gasteiger charge is 2.03. The molecule has 0 heteroatoms. The standard InChI is InChI=1S/C26H26/c1-2-3-4-6-9-20-12-13-23-19-26-17-22(21-10-7-5-8-11-21)14-15-24(26)18-25(23)16-20/h5,7-8,10-19H,2-4,6,9H2,1H3. The van der Waals surface area contributed by atoms with Gasteiger partial charge >= 0.3 is 0 Å². The lowest BCUT2D eigenvalue weighted by Crippen LogP contribution is -1.87. The number of aryl methyl sites for hydroxylation is 1. The first kappa shape index (κ1) is 16.8. The van der Waals surface area contributed by atoms with E-state index in [2.05, 4.69) is 85.8 Å². The molecule has 0 bridgehead atoms. The van der Waals surface area contributed by atoms with Gasteiger partial charge in [-0.3, -0.25) is 0 Å². The molecule has 4 rings (SSSR count). The van der Waals surface area contributed by atoms with Crippen LogP contribution in [0.4, 0.5) is 0 Å². The average Bonchev–Trinajstić information content (AvgIpc) is 2.70. The average molecular weight is 338 g/mol. The largest absolute Gasteiger partial charge is 0.0654 e. The molecule has 0 aliphatic carbocycles. The van der Waals surface area contributed by atoms with Gasteiger partial charge in [-0.25, -0.2) is 0 Å². The summed E-state index contributed by atoms with van der Waals surface area (Å²) in [6.45, 7) is 2.27. The van der Waals surface area contributed by atoms with Crippen LogP contribution in [0.5, 0.6) is 0 Å². The van der Waals surface area contributed by atoms with Crippen LogP contribution in [0.15, 0.2) is 78.9 Å². The second kappa shape index (κ2) is 7.74. The van der Waals surface area contributed by atoms with Crippen LogP contribution in [0, 0.1) is 0 Å². The minimum atomic E-state index is 1.20. The molecule has 0 atom stereocenters. The number of unbranched alkanes of at least 4 members (excludes halogenated alkanes) is 3. The first-order valence-corrected chi connectivity index (χ1v) is 9.85. The van der Waals surface area contributed by atoms with Crippen LogP contribution >= 0.6 is 0 Å². The highest BCUT2D eigenvalue weighted by Crippen LogP contribution is 2.28. The van der Waals surface area contributed by atoms with E-state index >= 15 is 0 Å². The molecular weight excluding hydrogens is 312 g/mol. The minimum Gasteiger partial charge on any atom is -0.0654 e. The molecule has 0 nitrogen and oxygen atoms in total. The van der Waals surface area contributed by atoms with Crippen LogP contribution in [-0.2, 0) is 6.42 Å². The lowest BCUT2D eigenvalue weighted by Gasteiger charge is -2.08. The molecule has 0 aromatic heterocycles. The highest BCUT2D eigenvalue weighted by atomic mass is 14.1. The number of fused-ring (bicyclic) bond motifs is 2. The van der Waals surface area contributed by atoms with Crippen molar-refractivity contribution >= 4 is 21.5 Å². The molecule has 0 amide bonds. The Morgan fingerprint density at radius 2 is 1.27 bits per heavy atom. The molecular formula is C26H26. The summed E-state index contributed by atoms with van der Waals surface area (Å²) in [5.41, 5.74) is 4.02. The van der Waals surface area contributed by atoms with Crippen LogP contribution in [0.1, 0.15) is 38.2 Å². The lowest BCUT2D eigenvalue weighted by atomic mass is 9.97. The summed E-state index contributed by atoms with van der Waals surface area (Å²) in [5, 5.41) is 5.33. The fourth-order valence-electron chi connectivity index (χ4n) is 3.77. The van der Waals surface area contributed by atoms with Crippen molar-refractivity contribution in [3.63, 3.8) is 0 Å². The topological polar surface area (TPSA) is 0 Å². The number of benzene rings is 4. The molecule has 0 spiro atoms. The molecule has 0 heterocycles. The van der Waals surface area contributed by atoms with Crippen molar-refractivity contribution in [3.8, 4) is 11.1 Å². The lowest BCUT2D eigenvalue weighted by molar-refractivity contribution is 0.667. The Balaban J connectivity index is 1.66. The third-order valence-corrected chi connectivity index (χ3v) is 5.29. The Labute approximate surface area is 156 Å². The summed E-state index contributed by atoms with van der Waals surface area (Å²) < 4.78 is 0. The van der Waals surface area contributed by atoms with E-state index in [1.165, 1.54) is 70.3 Å². The monoisotopic (exact) mass is 338 g/mol. The smallest absolute Gasteiger partial charge is 0.0171 e. The zero-order chi connectivity index (χ0) is 17.8. The molecule has 4 aromatic carbocycles. The van der Waals surface area contributed by atoms with E-state index in [4.69, 9.17) is 0 Å². The van der Waals surface area contributed by atoms with Crippen LogP contribution < -0.4 is 0 Å². The summed E-state index contributed by atoms with van der Waals surface area (Å²) in [7, 11) is 0. The molecule has 0 radical (unpaired) electrons. The zero-order valence-corrected chi connectivity index (χ0v) is 15.5. The van der Waals surface area contributed by atoms with E-state index in [9.17, 15) is 0 Å². The van der Waals surface area contributed by atoms with Crippen molar-refractivity contribution < 1.29 is 0 Å². The Bertz CT molecular complexity index is 1010. The molecule has 26 heavy (non-hydrogen) atoms. The molecule has 0 saturated heterocycles. The van der Waals surface area contributed by atoms with Crippen LogP contribution in [0.25, 0.3) is 32.7 Å². The number of rotatable bonds is 6. The number of hydrogen-bond acceptors (Lipinski definition) is 0. The fraction of sp³-hybridized carbons (Fsp3) is 0.231. The van der Waals surface area contributed by atoms with Gasteiger partial charge in [0, 0.05) is 0 Å². The molecule has 0 N–H and O–H groups in total. The van der Waals surface area contributed by atoms with Crippen LogP contribution in [0.3, 0.4) is 0 Å². The van der Waals surface area contributed by atoms with Gasteiger partial charge in [-0.1, -0.05) is 86.8 Å². The van der Waals surface area contributed by atoms with Gasteiger partial charge in [-0.05, 0) is 69.3 Å². The summed E-state index contributed by atoms with van der Waals surface area (Å²) in [4.78, 5) is 0. The molecule has 130 valence electrons. The molecule has 0 aliphatic rings. The summed E-state index contributed by atoms with van der Waals surface area (Å²) in [6.07, 6.45) is 6.49. The summed E-state index contributed by atoms with van der Waals surface area (Å²) >= 11 is 0. The van der Waals surface area contributed by atoms with Gasteiger partial charge in [0.25, 0.3) is 0 Å². The molecule has 0 fully saturated rings. The zero-order valence-electron chi connectivity index (χ0n) is 15.5. The minimum absolute atomic E-state index is 1.20. The summed E-state index contributed by atoms with van der Waals surface area (Å²) in [6, 6.07) is 29.1. The van der Waals surface area contributed by atoms with E-state index < -0.39 is 0 Å². The Morgan fingerprint density at radius 3 is 2.04 bits per heavy atom. The molecule has 0 aliphatic heterocycles. The molecule has 0 unspecified atom stereocenters. The van der Waals surface area contributed by atoms with E-state index in [0.717, 1.165) is 0 Å². The van der Waals surface area contributed by atoms with E-state index in [0.29, 0.717) is 0 Å². The van der Waals surface area contributed by atoms with Gasteiger partial charge < -0.3 is 0 Å². The first-order valence-electron chi connectivity index (χ1n) is 9.85. The van der Waals surface area contributed by atoms with Crippen molar-refractivity contribution in [2.75, 3.05) is 0 Å². The van der Waals surface area contributed by atoms with E-state index in [1.54, 1.807) is 0 Å². The van der Waals surface area contributed by atoms with E-state index in [1.807, 2.05) is 0 Å². The second-order valence-corrected chi connectivity index (χ2v) is 7.27. The van der Waals surface area contributed by atoms with Crippen molar-refractivity contribution in [3.05, 3.63) is 84.4 Å². The summed E-state index contributed by atoms with van der Waals surface area (Å²) in [5.74, 6) is 0. The number of hydrogen-bond donors (Lipinski definition) is 0. The van der Waals surface area contributed by atoms with Gasteiger partial charge in [0.05, 0.1) is 0 Å². The quantitative estimate of drug-likeness (QED) is 0.249. The first-order chi connectivity index (χ1) is 12.8. The van der Waals surface area contributed by atoms with Gasteiger partial charge in [0.1, 0.15) is 0 Å². The SMILES string of the molecule is CCCCCCc1ccc2cc3cc(-c4ccccc4)ccc3cc2c1. The van der Waals surface area contributed by atoms with Crippen molar-refractivity contribution in [2.24, 2.45) is 0 Å². The van der Waals surface area contributed by atoms with Crippen molar-refractivity contribution in [1.82, 2.24) is 0 Å². The third kappa shape index (κ3) is 3.65. The maximum absolute atomic E-state index is 2.38. The van der Waals surface area contributed by atoms with E-state index in [-0.39, 0.29) is 0 Å². The molecule has 4 aromatic rings. The predicted octanol–water partition coefficient (Wildman–Crippen LogP) is 7.78. The van der Waals surface area contributed by atoms with Crippen molar-refractivity contribution in [1.29, 1.82) is 0 Å². The van der Waals surface area contributed by atoms with Crippen molar-refractivity contribution in [2.45, 2.75) is 39.0 Å². The van der Waals surface area contributed by atoms with Gasteiger partial charge in [-0.2, -0.15) is 0 Å². The Hall–Kier alpha value is -2.60. The van der Waals surface area contributed by atoms with Gasteiger partial charge in [0.15, 0.2) is 0 Å². The van der Waals surface area contributed by atoms with Crippen LogP contribution in [0.2, 0.25) is 0 Å². The Kier molecular flexibility index (Phi) is 5.02. The van der Waals surface area contributed by atoms with Gasteiger partial charge in [0.2, 0.25) is 0 Å². The maximum Gasteiger partial charge on any atom is -0.0171 e. The predicted molar refractivity (Wildman–Crippen MR) is 115 cm³/mol. The second-order valence-electron chi connectivity index (χ2n) is 7.27. The van der Waals surface area contributed by atoms with Crippen LogP contribution in [-0.4, -0.2) is 0 Å².